The molecule has 0 saturated heterocycles. The molecule has 0 aliphatic carbocycles. The standard InChI is InChI=1S/C20H24FN5O3/c1-4-9-26-18(28)16-15(17(27)22-3)24-12-25(16)11-20(26,2)19(29)23-10-13-5-7-14(21)8-6-13/h5-8,12H,4,9-11H2,1-3H3,(H,22,27)(H,23,29). The predicted molar refractivity (Wildman–Crippen MR) is 104 cm³/mol. The highest BCUT2D eigenvalue weighted by molar-refractivity contribution is 6.07. The zero-order valence-electron chi connectivity index (χ0n) is 16.7. The minimum Gasteiger partial charge on any atom is -0.354 e. The maximum absolute atomic E-state index is 13.2. The summed E-state index contributed by atoms with van der Waals surface area (Å²) in [5.74, 6) is -1.54. The minimum absolute atomic E-state index is 0.0485. The lowest BCUT2D eigenvalue weighted by Gasteiger charge is -2.43. The number of hydrogen-bond acceptors (Lipinski definition) is 4. The Balaban J connectivity index is 1.88. The number of carbonyl (C=O) groups is 3. The summed E-state index contributed by atoms with van der Waals surface area (Å²) < 4.78 is 14.6. The number of nitrogens with zero attached hydrogens (tertiary/aromatic N) is 3. The Labute approximate surface area is 168 Å². The molecule has 0 spiro atoms. The number of aromatic nitrogens is 2. The zero-order chi connectivity index (χ0) is 21.2. The molecule has 1 aliphatic heterocycles. The fourth-order valence-electron chi connectivity index (χ4n) is 3.52. The third kappa shape index (κ3) is 3.72. The molecule has 1 aromatic heterocycles. The van der Waals surface area contributed by atoms with Gasteiger partial charge in [-0.15, -0.1) is 0 Å². The lowest BCUT2D eigenvalue weighted by molar-refractivity contribution is -0.133. The highest BCUT2D eigenvalue weighted by Gasteiger charge is 2.48. The minimum atomic E-state index is -1.15. The largest absolute Gasteiger partial charge is 0.354 e. The van der Waals surface area contributed by atoms with Crippen LogP contribution in [0.4, 0.5) is 4.39 Å². The van der Waals surface area contributed by atoms with Gasteiger partial charge in [0.2, 0.25) is 5.91 Å². The van der Waals surface area contributed by atoms with Crippen molar-refractivity contribution in [1.82, 2.24) is 25.1 Å². The summed E-state index contributed by atoms with van der Waals surface area (Å²) in [6.45, 7) is 4.35. The van der Waals surface area contributed by atoms with Crippen LogP contribution in [0.25, 0.3) is 0 Å². The van der Waals surface area contributed by atoms with Crippen molar-refractivity contribution >= 4 is 17.7 Å². The number of amides is 3. The fraction of sp³-hybridized carbons (Fsp3) is 0.400. The van der Waals surface area contributed by atoms with Crippen LogP contribution in [0.3, 0.4) is 0 Å². The Morgan fingerprint density at radius 2 is 1.97 bits per heavy atom. The molecule has 0 fully saturated rings. The van der Waals surface area contributed by atoms with Crippen LogP contribution in [0.5, 0.6) is 0 Å². The van der Waals surface area contributed by atoms with Crippen LogP contribution in [0.15, 0.2) is 30.6 Å². The van der Waals surface area contributed by atoms with Gasteiger partial charge in [-0.3, -0.25) is 14.4 Å². The Kier molecular flexibility index (Phi) is 5.67. The Morgan fingerprint density at radius 1 is 1.28 bits per heavy atom. The lowest BCUT2D eigenvalue weighted by Crippen LogP contribution is -2.64. The summed E-state index contributed by atoms with van der Waals surface area (Å²) >= 11 is 0. The Morgan fingerprint density at radius 3 is 2.59 bits per heavy atom. The van der Waals surface area contributed by atoms with Crippen molar-refractivity contribution < 1.29 is 18.8 Å². The van der Waals surface area contributed by atoms with E-state index < -0.39 is 17.4 Å². The number of imidazole rings is 1. The van der Waals surface area contributed by atoms with E-state index in [9.17, 15) is 18.8 Å². The molecule has 2 heterocycles. The van der Waals surface area contributed by atoms with Crippen molar-refractivity contribution in [2.24, 2.45) is 0 Å². The van der Waals surface area contributed by atoms with Crippen molar-refractivity contribution in [3.05, 3.63) is 53.4 Å². The highest BCUT2D eigenvalue weighted by Crippen LogP contribution is 2.29. The summed E-state index contributed by atoms with van der Waals surface area (Å²) in [4.78, 5) is 44.0. The van der Waals surface area contributed by atoms with E-state index in [1.807, 2.05) is 6.92 Å². The Hall–Kier alpha value is -3.23. The average molecular weight is 401 g/mol. The molecular formula is C20H24FN5O3. The molecule has 29 heavy (non-hydrogen) atoms. The first-order valence-corrected chi connectivity index (χ1v) is 9.43. The maximum Gasteiger partial charge on any atom is 0.273 e. The number of fused-ring (bicyclic) bond motifs is 1. The van der Waals surface area contributed by atoms with E-state index in [-0.39, 0.29) is 36.2 Å². The number of benzene rings is 1. The van der Waals surface area contributed by atoms with Gasteiger partial charge in [-0.25, -0.2) is 9.37 Å². The van der Waals surface area contributed by atoms with Crippen molar-refractivity contribution in [1.29, 1.82) is 0 Å². The molecular weight excluding hydrogens is 377 g/mol. The normalized spacial score (nSPS) is 18.3. The average Bonchev–Trinajstić information content (AvgIpc) is 3.13. The number of halogens is 1. The zero-order valence-corrected chi connectivity index (χ0v) is 16.7. The van der Waals surface area contributed by atoms with E-state index in [2.05, 4.69) is 15.6 Å². The Bertz CT molecular complexity index is 940. The third-order valence-corrected chi connectivity index (χ3v) is 5.10. The topological polar surface area (TPSA) is 96.3 Å². The van der Waals surface area contributed by atoms with Gasteiger partial charge in [0, 0.05) is 20.1 Å². The molecule has 8 nitrogen and oxygen atoms in total. The summed E-state index contributed by atoms with van der Waals surface area (Å²) in [6, 6.07) is 5.85. The third-order valence-electron chi connectivity index (χ3n) is 5.10. The predicted octanol–water partition coefficient (Wildman–Crippen LogP) is 1.32. The van der Waals surface area contributed by atoms with Gasteiger partial charge < -0.3 is 20.1 Å². The van der Waals surface area contributed by atoms with Crippen LogP contribution < -0.4 is 10.6 Å². The van der Waals surface area contributed by atoms with Crippen LogP contribution in [-0.4, -0.2) is 51.3 Å². The van der Waals surface area contributed by atoms with E-state index in [1.165, 1.54) is 30.4 Å². The maximum atomic E-state index is 13.2. The van der Waals surface area contributed by atoms with Gasteiger partial charge in [0.15, 0.2) is 5.69 Å². The van der Waals surface area contributed by atoms with E-state index >= 15 is 0 Å². The van der Waals surface area contributed by atoms with Crippen molar-refractivity contribution in [2.45, 2.75) is 38.9 Å². The molecule has 0 saturated carbocycles. The van der Waals surface area contributed by atoms with Gasteiger partial charge in [-0.05, 0) is 31.0 Å². The summed E-state index contributed by atoms with van der Waals surface area (Å²) in [5, 5.41) is 5.32. The molecule has 1 aliphatic rings. The first-order chi connectivity index (χ1) is 13.8. The SMILES string of the molecule is CCCN1C(=O)c2c(C(=O)NC)ncn2CC1(C)C(=O)NCc1ccc(F)cc1. The van der Waals surface area contributed by atoms with Crippen molar-refractivity contribution in [3.63, 3.8) is 0 Å². The van der Waals surface area contributed by atoms with Crippen molar-refractivity contribution in [2.75, 3.05) is 13.6 Å². The number of nitrogens with one attached hydrogen (secondary N) is 2. The molecule has 1 unspecified atom stereocenters. The molecule has 2 aromatic rings. The van der Waals surface area contributed by atoms with E-state index in [4.69, 9.17) is 0 Å². The van der Waals surface area contributed by atoms with E-state index in [0.29, 0.717) is 13.0 Å². The molecule has 154 valence electrons. The quantitative estimate of drug-likeness (QED) is 0.763. The lowest BCUT2D eigenvalue weighted by atomic mass is 9.94. The summed E-state index contributed by atoms with van der Waals surface area (Å²) in [6.07, 6.45) is 2.06. The monoisotopic (exact) mass is 401 g/mol. The first-order valence-electron chi connectivity index (χ1n) is 9.43. The molecule has 3 amide bonds. The van der Waals surface area contributed by atoms with Gasteiger partial charge in [-0.2, -0.15) is 0 Å². The van der Waals surface area contributed by atoms with Crippen LogP contribution >= 0.6 is 0 Å². The number of carbonyl (C=O) groups excluding carboxylic acids is 3. The second kappa shape index (κ2) is 8.02. The van der Waals surface area contributed by atoms with Crippen LogP contribution in [0.1, 0.15) is 46.8 Å². The molecule has 1 aromatic carbocycles. The highest BCUT2D eigenvalue weighted by atomic mass is 19.1. The van der Waals surface area contributed by atoms with E-state index in [1.54, 1.807) is 23.6 Å². The fourth-order valence-corrected chi connectivity index (χ4v) is 3.52. The molecule has 1 atom stereocenters. The van der Waals surface area contributed by atoms with Gasteiger partial charge in [0.1, 0.15) is 17.1 Å². The summed E-state index contributed by atoms with van der Waals surface area (Å²) in [7, 11) is 1.47. The molecule has 0 bridgehead atoms. The van der Waals surface area contributed by atoms with Gasteiger partial charge in [0.25, 0.3) is 11.8 Å². The van der Waals surface area contributed by atoms with E-state index in [0.717, 1.165) is 5.56 Å². The summed E-state index contributed by atoms with van der Waals surface area (Å²) in [5.41, 5.74) is -0.174. The van der Waals surface area contributed by atoms with Crippen LogP contribution in [0, 0.1) is 5.82 Å². The van der Waals surface area contributed by atoms with Crippen molar-refractivity contribution in [3.8, 4) is 0 Å². The number of rotatable bonds is 6. The van der Waals surface area contributed by atoms with Crippen LogP contribution in [-0.2, 0) is 17.9 Å². The second-order valence-corrected chi connectivity index (χ2v) is 7.19. The van der Waals surface area contributed by atoms with Gasteiger partial charge in [-0.1, -0.05) is 19.1 Å². The first kappa shape index (κ1) is 20.5. The second-order valence-electron chi connectivity index (χ2n) is 7.19. The van der Waals surface area contributed by atoms with Gasteiger partial charge >= 0.3 is 0 Å². The molecule has 0 radical (unpaired) electrons. The van der Waals surface area contributed by atoms with Crippen LogP contribution in [0.2, 0.25) is 0 Å². The van der Waals surface area contributed by atoms with Gasteiger partial charge in [0.05, 0.1) is 12.9 Å². The molecule has 2 N–H and O–H groups in total. The number of hydrogen-bond donors (Lipinski definition) is 2. The molecule has 3 rings (SSSR count). The smallest absolute Gasteiger partial charge is 0.273 e. The molecule has 9 heteroatoms.